The molecule has 9 heteroatoms. The maximum atomic E-state index is 12.2. The van der Waals surface area contributed by atoms with Crippen LogP contribution >= 0.6 is 11.3 Å². The molecule has 1 aromatic heterocycles. The lowest BCUT2D eigenvalue weighted by Crippen LogP contribution is -2.29. The third kappa shape index (κ3) is 6.58. The number of carbonyl (C=O) groups is 1. The van der Waals surface area contributed by atoms with Crippen LogP contribution in [-0.2, 0) is 11.3 Å². The second-order valence-corrected chi connectivity index (χ2v) is 7.16. The predicted molar refractivity (Wildman–Crippen MR) is 106 cm³/mol. The zero-order valence-corrected chi connectivity index (χ0v) is 16.3. The number of thiazole rings is 1. The Morgan fingerprint density at radius 3 is 2.48 bits per heavy atom. The number of nitrogens with one attached hydrogen (secondary N) is 1. The molecule has 152 valence electrons. The van der Waals surface area contributed by atoms with Gasteiger partial charge in [-0.25, -0.2) is 4.98 Å². The van der Waals surface area contributed by atoms with Gasteiger partial charge in [-0.3, -0.25) is 9.69 Å². The Bertz CT molecular complexity index is 944. The van der Waals surface area contributed by atoms with E-state index in [9.17, 15) is 18.0 Å². The third-order valence-corrected chi connectivity index (χ3v) is 4.73. The Morgan fingerprint density at radius 1 is 1.14 bits per heavy atom. The summed E-state index contributed by atoms with van der Waals surface area (Å²) in [5, 5.41) is 5.52. The Kier molecular flexibility index (Phi) is 6.50. The highest BCUT2D eigenvalue weighted by Crippen LogP contribution is 2.25. The molecule has 0 saturated heterocycles. The minimum absolute atomic E-state index is 0.110. The van der Waals surface area contributed by atoms with Gasteiger partial charge in [0.1, 0.15) is 10.8 Å². The molecule has 0 unspecified atom stereocenters. The number of benzene rings is 2. The molecule has 0 aliphatic heterocycles. The van der Waals surface area contributed by atoms with Gasteiger partial charge in [0, 0.05) is 23.2 Å². The largest absolute Gasteiger partial charge is 0.573 e. The molecule has 29 heavy (non-hydrogen) atoms. The summed E-state index contributed by atoms with van der Waals surface area (Å²) in [6.07, 6.45) is -4.75. The highest BCUT2D eigenvalue weighted by Gasteiger charge is 2.30. The van der Waals surface area contributed by atoms with Gasteiger partial charge in [-0.15, -0.1) is 24.5 Å². The quantitative estimate of drug-likeness (QED) is 0.597. The molecule has 0 saturated carbocycles. The Labute approximate surface area is 169 Å². The molecule has 0 radical (unpaired) electrons. The van der Waals surface area contributed by atoms with Crippen molar-refractivity contribution < 1.29 is 22.7 Å². The van der Waals surface area contributed by atoms with Gasteiger partial charge in [-0.05, 0) is 31.3 Å². The highest BCUT2D eigenvalue weighted by molar-refractivity contribution is 7.13. The molecule has 1 N–H and O–H groups in total. The van der Waals surface area contributed by atoms with Gasteiger partial charge in [0.2, 0.25) is 5.91 Å². The zero-order valence-electron chi connectivity index (χ0n) is 15.4. The molecule has 0 aliphatic rings. The number of alkyl halides is 3. The third-order valence-electron chi connectivity index (χ3n) is 3.79. The van der Waals surface area contributed by atoms with Crippen LogP contribution < -0.4 is 10.1 Å². The van der Waals surface area contributed by atoms with Crippen LogP contribution in [0.25, 0.3) is 10.6 Å². The molecule has 0 atom stereocenters. The lowest BCUT2D eigenvalue weighted by molar-refractivity contribution is -0.274. The number of anilines is 1. The molecule has 1 amide bonds. The first-order valence-corrected chi connectivity index (χ1v) is 9.50. The summed E-state index contributed by atoms with van der Waals surface area (Å²) < 4.78 is 40.3. The first-order valence-electron chi connectivity index (χ1n) is 8.62. The molecule has 0 spiro atoms. The molecule has 0 aliphatic carbocycles. The Hall–Kier alpha value is -2.91. The molecule has 1 heterocycles. The minimum Gasteiger partial charge on any atom is -0.406 e. The van der Waals surface area contributed by atoms with Crippen LogP contribution in [-0.4, -0.2) is 35.7 Å². The molecular weight excluding hydrogens is 403 g/mol. The van der Waals surface area contributed by atoms with Crippen molar-refractivity contribution in [3.05, 3.63) is 65.7 Å². The van der Waals surface area contributed by atoms with Gasteiger partial charge in [-0.1, -0.05) is 30.3 Å². The van der Waals surface area contributed by atoms with E-state index in [1.54, 1.807) is 23.3 Å². The van der Waals surface area contributed by atoms with E-state index >= 15 is 0 Å². The zero-order chi connectivity index (χ0) is 20.9. The minimum atomic E-state index is -4.75. The summed E-state index contributed by atoms with van der Waals surface area (Å²) in [5.41, 5.74) is 2.29. The van der Waals surface area contributed by atoms with Gasteiger partial charge in [-0.2, -0.15) is 0 Å². The fourth-order valence-electron chi connectivity index (χ4n) is 2.61. The summed E-state index contributed by atoms with van der Waals surface area (Å²) in [4.78, 5) is 18.6. The number of likely N-dealkylation sites (N-methyl/N-ethyl adjacent to an activating group) is 1. The summed E-state index contributed by atoms with van der Waals surface area (Å²) in [5.74, 6) is -0.624. The molecular formula is C20H18F3N3O2S. The van der Waals surface area contributed by atoms with E-state index in [1.165, 1.54) is 12.1 Å². The normalized spacial score (nSPS) is 11.5. The fourth-order valence-corrected chi connectivity index (χ4v) is 3.43. The van der Waals surface area contributed by atoms with E-state index < -0.39 is 6.36 Å². The average Bonchev–Trinajstić information content (AvgIpc) is 3.11. The number of carbonyl (C=O) groups excluding carboxylic acids is 1. The van der Waals surface area contributed by atoms with Gasteiger partial charge in [0.05, 0.1) is 12.2 Å². The predicted octanol–water partition coefficient (Wildman–Crippen LogP) is 4.78. The van der Waals surface area contributed by atoms with Gasteiger partial charge >= 0.3 is 6.36 Å². The first kappa shape index (κ1) is 20.8. The summed E-state index contributed by atoms with van der Waals surface area (Å²) in [6.45, 7) is 0.605. The standard InChI is InChI=1S/C20H18F3N3O2S/c1-26(11-16-13-29-19(25-16)14-5-3-2-4-6-14)12-18(27)24-15-7-9-17(10-8-15)28-20(21,22)23/h2-10,13H,11-12H2,1H3,(H,24,27). The number of hydrogen-bond donors (Lipinski definition) is 1. The van der Waals surface area contributed by atoms with E-state index in [0.29, 0.717) is 12.2 Å². The van der Waals surface area contributed by atoms with Gasteiger partial charge in [0.15, 0.2) is 0 Å². The summed E-state index contributed by atoms with van der Waals surface area (Å²) in [7, 11) is 1.79. The number of nitrogens with zero attached hydrogens (tertiary/aromatic N) is 2. The maximum absolute atomic E-state index is 12.2. The molecule has 2 aromatic carbocycles. The van der Waals surface area contributed by atoms with Crippen molar-refractivity contribution in [2.75, 3.05) is 18.9 Å². The lowest BCUT2D eigenvalue weighted by atomic mass is 10.2. The van der Waals surface area contributed by atoms with Crippen LogP contribution in [0.2, 0.25) is 0 Å². The SMILES string of the molecule is CN(CC(=O)Nc1ccc(OC(F)(F)F)cc1)Cc1csc(-c2ccccc2)n1. The average molecular weight is 421 g/mol. The summed E-state index contributed by atoms with van der Waals surface area (Å²) in [6, 6.07) is 14.8. The van der Waals surface area contributed by atoms with Crippen molar-refractivity contribution in [2.24, 2.45) is 0 Å². The van der Waals surface area contributed by atoms with Crippen LogP contribution in [0.15, 0.2) is 60.0 Å². The van der Waals surface area contributed by atoms with Crippen LogP contribution in [0.3, 0.4) is 0 Å². The monoisotopic (exact) mass is 421 g/mol. The van der Waals surface area contributed by atoms with Crippen molar-refractivity contribution in [2.45, 2.75) is 12.9 Å². The van der Waals surface area contributed by atoms with E-state index in [1.807, 2.05) is 35.7 Å². The van der Waals surface area contributed by atoms with Crippen molar-refractivity contribution >= 4 is 22.9 Å². The Balaban J connectivity index is 1.50. The molecule has 5 nitrogen and oxygen atoms in total. The fraction of sp³-hybridized carbons (Fsp3) is 0.200. The summed E-state index contributed by atoms with van der Waals surface area (Å²) >= 11 is 1.54. The van der Waals surface area contributed by atoms with E-state index in [-0.39, 0.29) is 18.2 Å². The second kappa shape index (κ2) is 9.06. The number of rotatable bonds is 7. The van der Waals surface area contributed by atoms with Gasteiger partial charge < -0.3 is 10.1 Å². The maximum Gasteiger partial charge on any atom is 0.573 e. The van der Waals surface area contributed by atoms with Crippen LogP contribution in [0.4, 0.5) is 18.9 Å². The molecule has 3 aromatic rings. The Morgan fingerprint density at radius 2 is 1.83 bits per heavy atom. The topological polar surface area (TPSA) is 54.5 Å². The second-order valence-electron chi connectivity index (χ2n) is 6.30. The lowest BCUT2D eigenvalue weighted by Gasteiger charge is -2.15. The number of ether oxygens (including phenoxy) is 1. The van der Waals surface area contributed by atoms with E-state index in [0.717, 1.165) is 28.4 Å². The number of halogens is 3. The highest BCUT2D eigenvalue weighted by atomic mass is 32.1. The molecule has 3 rings (SSSR count). The van der Waals surface area contributed by atoms with Crippen LogP contribution in [0.1, 0.15) is 5.69 Å². The van der Waals surface area contributed by atoms with E-state index in [4.69, 9.17) is 0 Å². The number of aromatic nitrogens is 1. The van der Waals surface area contributed by atoms with Gasteiger partial charge in [0.25, 0.3) is 0 Å². The molecule has 0 fully saturated rings. The van der Waals surface area contributed by atoms with Crippen molar-refractivity contribution in [3.8, 4) is 16.3 Å². The van der Waals surface area contributed by atoms with Crippen molar-refractivity contribution in [3.63, 3.8) is 0 Å². The van der Waals surface area contributed by atoms with Crippen molar-refractivity contribution in [1.82, 2.24) is 9.88 Å². The van der Waals surface area contributed by atoms with Crippen LogP contribution in [0.5, 0.6) is 5.75 Å². The number of amides is 1. The van der Waals surface area contributed by atoms with Crippen molar-refractivity contribution in [1.29, 1.82) is 0 Å². The first-order chi connectivity index (χ1) is 13.8. The smallest absolute Gasteiger partial charge is 0.406 e. The van der Waals surface area contributed by atoms with E-state index in [2.05, 4.69) is 15.0 Å². The molecule has 0 bridgehead atoms. The number of hydrogen-bond acceptors (Lipinski definition) is 5. The van der Waals surface area contributed by atoms with Crippen LogP contribution in [0, 0.1) is 0 Å².